The highest BCUT2D eigenvalue weighted by Gasteiger charge is 2.16. The first-order valence-corrected chi connectivity index (χ1v) is 6.44. The van der Waals surface area contributed by atoms with E-state index >= 15 is 0 Å². The molecule has 0 bridgehead atoms. The number of benzene rings is 1. The Labute approximate surface area is 99.4 Å². The highest BCUT2D eigenvalue weighted by Crippen LogP contribution is 2.16. The van der Waals surface area contributed by atoms with E-state index in [2.05, 4.69) is 4.72 Å². The molecule has 0 aliphatic heterocycles. The third-order valence-electron chi connectivity index (χ3n) is 2.14. The lowest BCUT2D eigenvalue weighted by Crippen LogP contribution is -2.23. The number of anilines is 1. The Kier molecular flexibility index (Phi) is 3.72. The maximum absolute atomic E-state index is 13.2. The van der Waals surface area contributed by atoms with Crippen molar-refractivity contribution in [1.29, 1.82) is 5.41 Å². The molecule has 0 atom stereocenters. The van der Waals surface area contributed by atoms with E-state index in [0.717, 1.165) is 6.07 Å². The zero-order valence-electron chi connectivity index (χ0n) is 9.49. The Balaban J connectivity index is 3.10. The zero-order valence-corrected chi connectivity index (χ0v) is 10.3. The van der Waals surface area contributed by atoms with Crippen molar-refractivity contribution in [3.8, 4) is 0 Å². The van der Waals surface area contributed by atoms with Gasteiger partial charge in [0.1, 0.15) is 11.7 Å². The Bertz CT molecular complexity index is 540. The maximum Gasteiger partial charge on any atom is 0.235 e. The third-order valence-corrected chi connectivity index (χ3v) is 3.90. The molecule has 0 spiro atoms. The first kappa shape index (κ1) is 13.4. The molecule has 4 N–H and O–H groups in total. The van der Waals surface area contributed by atoms with E-state index in [9.17, 15) is 12.8 Å². The van der Waals surface area contributed by atoms with Gasteiger partial charge in [-0.2, -0.15) is 0 Å². The molecular formula is C10H14FN3O2S. The molecule has 7 heteroatoms. The van der Waals surface area contributed by atoms with Crippen LogP contribution in [0.3, 0.4) is 0 Å². The molecule has 0 saturated heterocycles. The number of rotatable bonds is 4. The molecule has 94 valence electrons. The van der Waals surface area contributed by atoms with Gasteiger partial charge in [-0.05, 0) is 32.0 Å². The van der Waals surface area contributed by atoms with E-state index in [0.29, 0.717) is 0 Å². The molecule has 0 unspecified atom stereocenters. The summed E-state index contributed by atoms with van der Waals surface area (Å²) in [5.41, 5.74) is 5.23. The van der Waals surface area contributed by atoms with Crippen LogP contribution in [0.25, 0.3) is 0 Å². The molecule has 0 fully saturated rings. The van der Waals surface area contributed by atoms with Crippen LogP contribution in [-0.2, 0) is 10.0 Å². The van der Waals surface area contributed by atoms with Gasteiger partial charge in [-0.1, -0.05) is 0 Å². The number of nitrogens with two attached hydrogens (primary N) is 1. The first-order valence-electron chi connectivity index (χ1n) is 4.89. The molecule has 0 amide bonds. The smallest absolute Gasteiger partial charge is 0.235 e. The zero-order chi connectivity index (χ0) is 13.2. The lowest BCUT2D eigenvalue weighted by atomic mass is 10.2. The van der Waals surface area contributed by atoms with Crippen LogP contribution in [0.1, 0.15) is 19.4 Å². The summed E-state index contributed by atoms with van der Waals surface area (Å²) in [6, 6.07) is 3.54. The number of hydrogen-bond donors (Lipinski definition) is 3. The quantitative estimate of drug-likeness (QED) is 0.561. The van der Waals surface area contributed by atoms with Gasteiger partial charge in [-0.15, -0.1) is 0 Å². The molecule has 0 aliphatic carbocycles. The second kappa shape index (κ2) is 4.70. The monoisotopic (exact) mass is 259 g/mol. The number of nitrogens with one attached hydrogen (secondary N) is 2. The molecule has 1 aromatic rings. The van der Waals surface area contributed by atoms with Gasteiger partial charge in [0, 0.05) is 5.69 Å². The molecule has 1 rings (SSSR count). The highest BCUT2D eigenvalue weighted by atomic mass is 32.2. The van der Waals surface area contributed by atoms with Crippen LogP contribution in [-0.4, -0.2) is 19.5 Å². The predicted octanol–water partition coefficient (Wildman–Crippen LogP) is 1.26. The van der Waals surface area contributed by atoms with Crippen molar-refractivity contribution in [2.45, 2.75) is 19.1 Å². The van der Waals surface area contributed by atoms with Gasteiger partial charge in [-0.3, -0.25) is 10.1 Å². The molecule has 0 saturated carbocycles. The van der Waals surface area contributed by atoms with Crippen molar-refractivity contribution >= 4 is 21.5 Å². The molecule has 0 aromatic heterocycles. The normalized spacial score (nSPS) is 11.5. The summed E-state index contributed by atoms with van der Waals surface area (Å²) in [5.74, 6) is -1.11. The highest BCUT2D eigenvalue weighted by molar-refractivity contribution is 7.93. The van der Waals surface area contributed by atoms with Gasteiger partial charge >= 0.3 is 0 Å². The summed E-state index contributed by atoms with van der Waals surface area (Å²) in [7, 11) is -3.49. The SMILES string of the molecule is CC(C)S(=O)(=O)Nc1ccc(F)c(C(=N)N)c1. The second-order valence-electron chi connectivity index (χ2n) is 3.80. The molecule has 5 nitrogen and oxygen atoms in total. The molecular weight excluding hydrogens is 245 g/mol. The number of sulfonamides is 1. The van der Waals surface area contributed by atoms with Crippen LogP contribution in [0.15, 0.2) is 18.2 Å². The number of nitrogen functional groups attached to an aromatic ring is 1. The lowest BCUT2D eigenvalue weighted by Gasteiger charge is -2.11. The van der Waals surface area contributed by atoms with Crippen molar-refractivity contribution < 1.29 is 12.8 Å². The van der Waals surface area contributed by atoms with Crippen LogP contribution in [0.4, 0.5) is 10.1 Å². The van der Waals surface area contributed by atoms with Gasteiger partial charge in [0.05, 0.1) is 10.8 Å². The topological polar surface area (TPSA) is 96.0 Å². The molecule has 1 aromatic carbocycles. The Morgan fingerprint density at radius 2 is 2.06 bits per heavy atom. The van der Waals surface area contributed by atoms with Crippen LogP contribution in [0.2, 0.25) is 0 Å². The molecule has 0 radical (unpaired) electrons. The minimum atomic E-state index is -3.49. The maximum atomic E-state index is 13.2. The summed E-state index contributed by atoms with van der Waals surface area (Å²) >= 11 is 0. The largest absolute Gasteiger partial charge is 0.384 e. The summed E-state index contributed by atoms with van der Waals surface area (Å²) in [5, 5.41) is 6.55. The standard InChI is InChI=1S/C10H14FN3O2S/c1-6(2)17(15,16)14-7-3-4-9(11)8(5-7)10(12)13/h3-6,14H,1-2H3,(H3,12,13). The average Bonchev–Trinajstić information content (AvgIpc) is 2.20. The van der Waals surface area contributed by atoms with Crippen molar-refractivity contribution in [2.75, 3.05) is 4.72 Å². The van der Waals surface area contributed by atoms with Gasteiger partial charge in [0.2, 0.25) is 10.0 Å². The van der Waals surface area contributed by atoms with Crippen molar-refractivity contribution in [2.24, 2.45) is 5.73 Å². The van der Waals surface area contributed by atoms with Crippen LogP contribution in [0.5, 0.6) is 0 Å². The van der Waals surface area contributed by atoms with Crippen LogP contribution in [0, 0.1) is 11.2 Å². The lowest BCUT2D eigenvalue weighted by molar-refractivity contribution is 0.592. The van der Waals surface area contributed by atoms with E-state index in [1.54, 1.807) is 0 Å². The number of halogens is 1. The van der Waals surface area contributed by atoms with Crippen molar-refractivity contribution in [3.05, 3.63) is 29.6 Å². The Hall–Kier alpha value is -1.63. The minimum absolute atomic E-state index is 0.131. The second-order valence-corrected chi connectivity index (χ2v) is 6.04. The van der Waals surface area contributed by atoms with Gasteiger partial charge in [0.25, 0.3) is 0 Å². The Morgan fingerprint density at radius 3 is 2.53 bits per heavy atom. The van der Waals surface area contributed by atoms with E-state index < -0.39 is 26.9 Å². The summed E-state index contributed by atoms with van der Waals surface area (Å²) in [4.78, 5) is 0. The van der Waals surface area contributed by atoms with Crippen LogP contribution < -0.4 is 10.5 Å². The summed E-state index contributed by atoms with van der Waals surface area (Å²) in [6.45, 7) is 3.05. The minimum Gasteiger partial charge on any atom is -0.384 e. The number of amidine groups is 1. The summed E-state index contributed by atoms with van der Waals surface area (Å²) < 4.78 is 38.7. The first-order chi connectivity index (χ1) is 7.74. The van der Waals surface area contributed by atoms with E-state index in [1.165, 1.54) is 26.0 Å². The molecule has 0 heterocycles. The fourth-order valence-corrected chi connectivity index (χ4v) is 1.77. The number of hydrogen-bond acceptors (Lipinski definition) is 3. The van der Waals surface area contributed by atoms with Crippen LogP contribution >= 0.6 is 0 Å². The Morgan fingerprint density at radius 1 is 1.47 bits per heavy atom. The van der Waals surface area contributed by atoms with Crippen molar-refractivity contribution in [3.63, 3.8) is 0 Å². The van der Waals surface area contributed by atoms with E-state index in [4.69, 9.17) is 11.1 Å². The fraction of sp³-hybridized carbons (Fsp3) is 0.300. The third kappa shape index (κ3) is 3.16. The predicted molar refractivity (Wildman–Crippen MR) is 65.1 cm³/mol. The van der Waals surface area contributed by atoms with Gasteiger partial charge < -0.3 is 5.73 Å². The van der Waals surface area contributed by atoms with E-state index in [1.807, 2.05) is 0 Å². The average molecular weight is 259 g/mol. The molecule has 17 heavy (non-hydrogen) atoms. The van der Waals surface area contributed by atoms with Crippen molar-refractivity contribution in [1.82, 2.24) is 0 Å². The molecule has 0 aliphatic rings. The fourth-order valence-electron chi connectivity index (χ4n) is 1.08. The van der Waals surface area contributed by atoms with E-state index in [-0.39, 0.29) is 11.3 Å². The van der Waals surface area contributed by atoms with Gasteiger partial charge in [-0.25, -0.2) is 12.8 Å². The summed E-state index contributed by atoms with van der Waals surface area (Å²) in [6.07, 6.45) is 0. The van der Waals surface area contributed by atoms with Gasteiger partial charge in [0.15, 0.2) is 0 Å².